The molecular weight excluding hydrogens is 168 g/mol. The molecule has 13 heavy (non-hydrogen) atoms. The highest BCUT2D eigenvalue weighted by atomic mass is 16.5. The molecule has 0 aromatic carbocycles. The summed E-state index contributed by atoms with van der Waals surface area (Å²) < 4.78 is 10.0. The first-order valence-corrected chi connectivity index (χ1v) is 3.85. The molecule has 0 unspecified atom stereocenters. The lowest BCUT2D eigenvalue weighted by atomic mass is 10.3. The van der Waals surface area contributed by atoms with Crippen molar-refractivity contribution in [2.24, 2.45) is 0 Å². The Labute approximate surface area is 76.7 Å². The van der Waals surface area contributed by atoms with Crippen LogP contribution in [0.25, 0.3) is 0 Å². The van der Waals surface area contributed by atoms with Gasteiger partial charge in [0.1, 0.15) is 18.2 Å². The van der Waals surface area contributed by atoms with Gasteiger partial charge in [-0.1, -0.05) is 0 Å². The van der Waals surface area contributed by atoms with E-state index in [9.17, 15) is 0 Å². The van der Waals surface area contributed by atoms with Gasteiger partial charge in [-0.2, -0.15) is 5.26 Å². The lowest BCUT2D eigenvalue weighted by Crippen LogP contribution is -2.06. The fourth-order valence-electron chi connectivity index (χ4n) is 0.813. The van der Waals surface area contributed by atoms with Crippen molar-refractivity contribution in [3.8, 4) is 11.9 Å². The molecule has 1 aromatic heterocycles. The molecule has 0 aliphatic rings. The highest BCUT2D eigenvalue weighted by molar-refractivity contribution is 5.36. The molecule has 4 nitrogen and oxygen atoms in total. The van der Waals surface area contributed by atoms with Crippen molar-refractivity contribution >= 4 is 0 Å². The number of methoxy groups -OCH3 is 1. The molecule has 0 aliphatic carbocycles. The summed E-state index contributed by atoms with van der Waals surface area (Å²) >= 11 is 0. The van der Waals surface area contributed by atoms with Gasteiger partial charge in [-0.3, -0.25) is 0 Å². The Morgan fingerprint density at radius 1 is 1.54 bits per heavy atom. The highest BCUT2D eigenvalue weighted by Crippen LogP contribution is 2.11. The van der Waals surface area contributed by atoms with Crippen LogP contribution in [0.15, 0.2) is 18.3 Å². The Morgan fingerprint density at radius 3 is 3.08 bits per heavy atom. The zero-order chi connectivity index (χ0) is 9.52. The van der Waals surface area contributed by atoms with Crippen molar-refractivity contribution in [3.05, 3.63) is 23.9 Å². The minimum atomic E-state index is 0.363. The molecule has 0 atom stereocenters. The van der Waals surface area contributed by atoms with Gasteiger partial charge in [0.25, 0.3) is 0 Å². The maximum atomic E-state index is 8.67. The summed E-state index contributed by atoms with van der Waals surface area (Å²) in [6.45, 7) is 0.892. The summed E-state index contributed by atoms with van der Waals surface area (Å²) in [5, 5.41) is 8.67. The number of hydrogen-bond donors (Lipinski definition) is 0. The van der Waals surface area contributed by atoms with E-state index >= 15 is 0 Å². The molecule has 0 spiro atoms. The zero-order valence-corrected chi connectivity index (χ0v) is 7.36. The smallest absolute Gasteiger partial charge is 0.231 e. The summed E-state index contributed by atoms with van der Waals surface area (Å²) in [6, 6.07) is 5.35. The average Bonchev–Trinajstić information content (AvgIpc) is 2.19. The van der Waals surface area contributed by atoms with E-state index in [1.165, 1.54) is 0 Å². The highest BCUT2D eigenvalue weighted by Gasteiger charge is 2.01. The zero-order valence-electron chi connectivity index (χ0n) is 7.36. The van der Waals surface area contributed by atoms with Crippen molar-refractivity contribution in [1.82, 2.24) is 4.98 Å². The Balaban J connectivity index is 2.60. The third-order valence-corrected chi connectivity index (χ3v) is 1.42. The van der Waals surface area contributed by atoms with Crippen LogP contribution in [0.4, 0.5) is 0 Å². The largest absolute Gasteiger partial charge is 0.474 e. The second-order valence-corrected chi connectivity index (χ2v) is 2.31. The lowest BCUT2D eigenvalue weighted by molar-refractivity contribution is 0.143. The second kappa shape index (κ2) is 5.12. The Kier molecular flexibility index (Phi) is 3.74. The molecule has 0 saturated carbocycles. The van der Waals surface area contributed by atoms with Gasteiger partial charge in [0, 0.05) is 13.3 Å². The Bertz CT molecular complexity index is 307. The van der Waals surface area contributed by atoms with Crippen molar-refractivity contribution in [2.75, 3.05) is 20.3 Å². The average molecular weight is 178 g/mol. The summed E-state index contributed by atoms with van der Waals surface area (Å²) in [5.74, 6) is 0.363. The third-order valence-electron chi connectivity index (χ3n) is 1.42. The maximum Gasteiger partial charge on any atom is 0.231 e. The predicted molar refractivity (Wildman–Crippen MR) is 46.3 cm³/mol. The van der Waals surface area contributed by atoms with Crippen LogP contribution in [0.2, 0.25) is 0 Å². The molecule has 0 radical (unpaired) electrons. The standard InChI is InChI=1S/C9H10N2O2/c1-12-5-6-13-9-8(7-10)3-2-4-11-9/h2-4H,5-6H2,1H3. The summed E-state index contributed by atoms with van der Waals surface area (Å²) in [5.41, 5.74) is 0.443. The predicted octanol–water partition coefficient (Wildman–Crippen LogP) is 0.978. The summed E-state index contributed by atoms with van der Waals surface area (Å²) in [4.78, 5) is 3.92. The maximum absolute atomic E-state index is 8.67. The quantitative estimate of drug-likeness (QED) is 0.645. The number of rotatable bonds is 4. The van der Waals surface area contributed by atoms with E-state index in [0.29, 0.717) is 24.7 Å². The van der Waals surface area contributed by atoms with Crippen molar-refractivity contribution in [2.45, 2.75) is 0 Å². The number of pyridine rings is 1. The van der Waals surface area contributed by atoms with Gasteiger partial charge in [0.15, 0.2) is 0 Å². The third kappa shape index (κ3) is 2.73. The van der Waals surface area contributed by atoms with E-state index in [-0.39, 0.29) is 0 Å². The van der Waals surface area contributed by atoms with Gasteiger partial charge in [-0.15, -0.1) is 0 Å². The van der Waals surface area contributed by atoms with Crippen LogP contribution >= 0.6 is 0 Å². The van der Waals surface area contributed by atoms with Crippen LogP contribution in [0.1, 0.15) is 5.56 Å². The molecule has 0 fully saturated rings. The van der Waals surface area contributed by atoms with E-state index in [4.69, 9.17) is 14.7 Å². The van der Waals surface area contributed by atoms with Crippen LogP contribution in [0, 0.1) is 11.3 Å². The molecule has 1 aromatic rings. The normalized spacial score (nSPS) is 9.23. The lowest BCUT2D eigenvalue weighted by Gasteiger charge is -2.04. The van der Waals surface area contributed by atoms with Gasteiger partial charge in [-0.05, 0) is 12.1 Å². The molecule has 0 N–H and O–H groups in total. The van der Waals surface area contributed by atoms with Crippen molar-refractivity contribution in [1.29, 1.82) is 5.26 Å². The monoisotopic (exact) mass is 178 g/mol. The van der Waals surface area contributed by atoms with Crippen LogP contribution < -0.4 is 4.74 Å². The van der Waals surface area contributed by atoms with E-state index in [2.05, 4.69) is 4.98 Å². The van der Waals surface area contributed by atoms with Gasteiger partial charge in [0.05, 0.1) is 6.61 Å². The Hall–Kier alpha value is -1.60. The number of nitrogens with zero attached hydrogens (tertiary/aromatic N) is 2. The molecule has 0 saturated heterocycles. The molecule has 4 heteroatoms. The summed E-state index contributed by atoms with van der Waals surface area (Å²) in [6.07, 6.45) is 1.59. The van der Waals surface area contributed by atoms with Gasteiger partial charge >= 0.3 is 0 Å². The molecule has 0 aliphatic heterocycles. The van der Waals surface area contributed by atoms with Crippen LogP contribution in [-0.4, -0.2) is 25.3 Å². The SMILES string of the molecule is COCCOc1ncccc1C#N. The summed E-state index contributed by atoms with van der Waals surface area (Å²) in [7, 11) is 1.59. The molecule has 68 valence electrons. The van der Waals surface area contributed by atoms with Gasteiger partial charge < -0.3 is 9.47 Å². The first kappa shape index (κ1) is 9.49. The minimum Gasteiger partial charge on any atom is -0.474 e. The molecule has 0 amide bonds. The van der Waals surface area contributed by atoms with E-state index in [1.54, 1.807) is 25.4 Å². The molecular formula is C9H10N2O2. The van der Waals surface area contributed by atoms with Crippen molar-refractivity contribution in [3.63, 3.8) is 0 Å². The fraction of sp³-hybridized carbons (Fsp3) is 0.333. The van der Waals surface area contributed by atoms with E-state index < -0.39 is 0 Å². The Morgan fingerprint density at radius 2 is 2.38 bits per heavy atom. The molecule has 1 heterocycles. The second-order valence-electron chi connectivity index (χ2n) is 2.31. The fourth-order valence-corrected chi connectivity index (χ4v) is 0.813. The number of aromatic nitrogens is 1. The van der Waals surface area contributed by atoms with Crippen molar-refractivity contribution < 1.29 is 9.47 Å². The van der Waals surface area contributed by atoms with Gasteiger partial charge in [-0.25, -0.2) is 4.98 Å². The number of ether oxygens (including phenoxy) is 2. The van der Waals surface area contributed by atoms with E-state index in [0.717, 1.165) is 0 Å². The van der Waals surface area contributed by atoms with Crippen LogP contribution in [-0.2, 0) is 4.74 Å². The molecule has 0 bridgehead atoms. The van der Waals surface area contributed by atoms with Gasteiger partial charge in [0.2, 0.25) is 5.88 Å². The molecule has 1 rings (SSSR count). The number of nitriles is 1. The number of hydrogen-bond acceptors (Lipinski definition) is 4. The van der Waals surface area contributed by atoms with Crippen LogP contribution in [0.3, 0.4) is 0 Å². The van der Waals surface area contributed by atoms with Crippen LogP contribution in [0.5, 0.6) is 5.88 Å². The topological polar surface area (TPSA) is 55.1 Å². The van der Waals surface area contributed by atoms with E-state index in [1.807, 2.05) is 6.07 Å². The first-order valence-electron chi connectivity index (χ1n) is 3.85. The first-order chi connectivity index (χ1) is 6.38. The minimum absolute atomic E-state index is 0.363.